The van der Waals surface area contributed by atoms with Gasteiger partial charge in [0.25, 0.3) is 0 Å². The average Bonchev–Trinajstić information content (AvgIpc) is 2.28. The van der Waals surface area contributed by atoms with E-state index in [9.17, 15) is 4.21 Å². The zero-order valence-corrected chi connectivity index (χ0v) is 11.1. The second kappa shape index (κ2) is 4.34. The third-order valence-electron chi connectivity index (χ3n) is 3.13. The predicted molar refractivity (Wildman–Crippen MR) is 70.0 cm³/mol. The first kappa shape index (κ1) is 11.9. The van der Waals surface area contributed by atoms with Crippen LogP contribution in [-0.2, 0) is 15.0 Å². The fraction of sp³-hybridized carbons (Fsp3) is 0.385. The van der Waals surface area contributed by atoms with Crippen molar-refractivity contribution in [2.24, 2.45) is 0 Å². The van der Waals surface area contributed by atoms with E-state index in [0.717, 1.165) is 5.56 Å². The Kier molecular flexibility index (Phi) is 3.22. The molecule has 1 aliphatic heterocycles. The maximum atomic E-state index is 12.2. The molecule has 1 aromatic rings. The van der Waals surface area contributed by atoms with Crippen LogP contribution in [0.25, 0.3) is 0 Å². The van der Waals surface area contributed by atoms with Crippen LogP contribution in [0.1, 0.15) is 25.8 Å². The molecule has 3 heteroatoms. The van der Waals surface area contributed by atoms with Gasteiger partial charge in [-0.05, 0) is 19.4 Å². The van der Waals surface area contributed by atoms with E-state index in [1.54, 1.807) is 0 Å². The highest BCUT2D eigenvalue weighted by Crippen LogP contribution is 2.43. The molecule has 1 aromatic carbocycles. The minimum absolute atomic E-state index is 0.588. The van der Waals surface area contributed by atoms with Gasteiger partial charge in [0.05, 0.1) is 10.8 Å². The van der Waals surface area contributed by atoms with Gasteiger partial charge in [0, 0.05) is 12.2 Å². The van der Waals surface area contributed by atoms with Crippen LogP contribution >= 0.6 is 11.6 Å². The molecule has 86 valence electrons. The Morgan fingerprint density at radius 3 is 2.44 bits per heavy atom. The summed E-state index contributed by atoms with van der Waals surface area (Å²) in [6, 6.07) is 9.75. The molecule has 0 saturated carbocycles. The predicted octanol–water partition coefficient (Wildman–Crippen LogP) is 3.57. The molecule has 2 unspecified atom stereocenters. The molecule has 16 heavy (non-hydrogen) atoms. The molecule has 0 fully saturated rings. The molecule has 0 amide bonds. The lowest BCUT2D eigenvalue weighted by molar-refractivity contribution is 0.655. The Hall–Kier alpha value is -0.600. The summed E-state index contributed by atoms with van der Waals surface area (Å²) in [5, 5.41) is 0. The second-order valence-electron chi connectivity index (χ2n) is 4.32. The van der Waals surface area contributed by atoms with Crippen LogP contribution in [0.5, 0.6) is 0 Å². The fourth-order valence-electron chi connectivity index (χ4n) is 1.93. The van der Waals surface area contributed by atoms with E-state index >= 15 is 0 Å². The Balaban J connectivity index is 2.44. The zero-order chi connectivity index (χ0) is 11.8. The first-order chi connectivity index (χ1) is 7.54. The van der Waals surface area contributed by atoms with Gasteiger partial charge in [-0.3, -0.25) is 4.21 Å². The van der Waals surface area contributed by atoms with Crippen LogP contribution in [0.15, 0.2) is 41.5 Å². The Labute approximate surface area is 104 Å². The van der Waals surface area contributed by atoms with Crippen molar-refractivity contribution in [3.8, 4) is 0 Å². The molecule has 2 atom stereocenters. The van der Waals surface area contributed by atoms with E-state index in [0.29, 0.717) is 12.2 Å². The molecule has 1 aliphatic rings. The van der Waals surface area contributed by atoms with Crippen molar-refractivity contribution < 1.29 is 4.21 Å². The molecule has 0 spiro atoms. The van der Waals surface area contributed by atoms with Crippen molar-refractivity contribution in [1.82, 2.24) is 0 Å². The third-order valence-corrected chi connectivity index (χ3v) is 5.80. The van der Waals surface area contributed by atoms with Gasteiger partial charge in [-0.25, -0.2) is 0 Å². The number of alkyl halides is 1. The Bertz CT molecular complexity index is 452. The lowest BCUT2D eigenvalue weighted by Crippen LogP contribution is -2.31. The summed E-state index contributed by atoms with van der Waals surface area (Å²) in [5.74, 6) is 0.588. The average molecular weight is 255 g/mol. The Morgan fingerprint density at radius 1 is 1.19 bits per heavy atom. The molecular weight excluding hydrogens is 240 g/mol. The van der Waals surface area contributed by atoms with Crippen molar-refractivity contribution in [1.29, 1.82) is 0 Å². The van der Waals surface area contributed by atoms with Crippen LogP contribution in [0.2, 0.25) is 0 Å². The van der Waals surface area contributed by atoms with Gasteiger partial charge in [-0.15, -0.1) is 0 Å². The normalized spacial score (nSPS) is 30.6. The molecule has 0 saturated heterocycles. The van der Waals surface area contributed by atoms with Crippen LogP contribution in [0, 0.1) is 0 Å². The van der Waals surface area contributed by atoms with E-state index in [4.69, 9.17) is 11.6 Å². The SMILES string of the molecule is CC1=C(C)CC(Cl)(c2ccccc2)S(=O)C1. The zero-order valence-electron chi connectivity index (χ0n) is 9.50. The topological polar surface area (TPSA) is 17.1 Å². The number of hydrogen-bond acceptors (Lipinski definition) is 1. The summed E-state index contributed by atoms with van der Waals surface area (Å²) in [6.07, 6.45) is 0.678. The first-order valence-electron chi connectivity index (χ1n) is 5.32. The van der Waals surface area contributed by atoms with Crippen molar-refractivity contribution in [3.63, 3.8) is 0 Å². The summed E-state index contributed by atoms with van der Waals surface area (Å²) >= 11 is 6.58. The van der Waals surface area contributed by atoms with Crippen molar-refractivity contribution >= 4 is 22.4 Å². The molecule has 0 bridgehead atoms. The molecule has 0 aliphatic carbocycles. The number of halogens is 1. The maximum absolute atomic E-state index is 12.2. The van der Waals surface area contributed by atoms with Crippen molar-refractivity contribution in [2.75, 3.05) is 5.75 Å². The van der Waals surface area contributed by atoms with E-state index in [1.807, 2.05) is 37.3 Å². The van der Waals surface area contributed by atoms with Gasteiger partial charge in [0.15, 0.2) is 0 Å². The molecule has 0 aromatic heterocycles. The quantitative estimate of drug-likeness (QED) is 0.553. The summed E-state index contributed by atoms with van der Waals surface area (Å²) in [6.45, 7) is 4.11. The van der Waals surface area contributed by atoms with Gasteiger partial charge in [-0.2, -0.15) is 0 Å². The number of benzene rings is 1. The largest absolute Gasteiger partial charge is 0.257 e. The summed E-state index contributed by atoms with van der Waals surface area (Å²) in [7, 11) is -1.04. The highest BCUT2D eigenvalue weighted by molar-refractivity contribution is 7.87. The third kappa shape index (κ3) is 1.96. The number of allylic oxidation sites excluding steroid dienone is 1. The molecule has 2 rings (SSSR count). The standard InChI is InChI=1S/C13H15ClOS/c1-10-8-13(14,16(15)9-11(10)2)12-6-4-3-5-7-12/h3-7H,8-9H2,1-2H3. The van der Waals surface area contributed by atoms with E-state index in [1.165, 1.54) is 11.1 Å². The van der Waals surface area contributed by atoms with Crippen molar-refractivity contribution in [3.05, 3.63) is 47.0 Å². The van der Waals surface area contributed by atoms with Gasteiger partial charge < -0.3 is 0 Å². The highest BCUT2D eigenvalue weighted by atomic mass is 35.5. The minimum Gasteiger partial charge on any atom is -0.257 e. The van der Waals surface area contributed by atoms with Crippen LogP contribution in [-0.4, -0.2) is 9.96 Å². The smallest absolute Gasteiger partial charge is 0.148 e. The summed E-state index contributed by atoms with van der Waals surface area (Å²) in [4.78, 5) is 0. The van der Waals surface area contributed by atoms with Gasteiger partial charge in [0.2, 0.25) is 0 Å². The van der Waals surface area contributed by atoms with Crippen LogP contribution in [0.4, 0.5) is 0 Å². The molecule has 0 N–H and O–H groups in total. The first-order valence-corrected chi connectivity index (χ1v) is 7.02. The van der Waals surface area contributed by atoms with E-state index in [2.05, 4.69) is 6.92 Å². The minimum atomic E-state index is -1.04. The monoisotopic (exact) mass is 254 g/mol. The molecule has 1 heterocycles. The second-order valence-corrected chi connectivity index (χ2v) is 6.87. The lowest BCUT2D eigenvalue weighted by Gasteiger charge is -2.32. The molecule has 1 nitrogen and oxygen atoms in total. The fourth-order valence-corrected chi connectivity index (χ4v) is 4.06. The van der Waals surface area contributed by atoms with Crippen molar-refractivity contribution in [2.45, 2.75) is 24.5 Å². The molecular formula is C13H15ClOS. The van der Waals surface area contributed by atoms with E-state index < -0.39 is 15.0 Å². The maximum Gasteiger partial charge on any atom is 0.148 e. The van der Waals surface area contributed by atoms with Gasteiger partial charge >= 0.3 is 0 Å². The molecule has 0 radical (unpaired) electrons. The summed E-state index contributed by atoms with van der Waals surface area (Å²) in [5.41, 5.74) is 3.44. The Morgan fingerprint density at radius 2 is 1.81 bits per heavy atom. The van der Waals surface area contributed by atoms with Crippen LogP contribution in [0.3, 0.4) is 0 Å². The van der Waals surface area contributed by atoms with Crippen LogP contribution < -0.4 is 0 Å². The van der Waals surface area contributed by atoms with E-state index in [-0.39, 0.29) is 0 Å². The number of rotatable bonds is 1. The summed E-state index contributed by atoms with van der Waals surface area (Å²) < 4.78 is 11.5. The van der Waals surface area contributed by atoms with Gasteiger partial charge in [0.1, 0.15) is 4.21 Å². The lowest BCUT2D eigenvalue weighted by atomic mass is 10.0. The van der Waals surface area contributed by atoms with Gasteiger partial charge in [-0.1, -0.05) is 53.1 Å². The highest BCUT2D eigenvalue weighted by Gasteiger charge is 2.39. The number of hydrogen-bond donors (Lipinski definition) is 0.